The average Bonchev–Trinajstić information content (AvgIpc) is 2.87. The Morgan fingerprint density at radius 2 is 1.58 bits per heavy atom. The Hall–Kier alpha value is -2.73. The molecule has 2 atom stereocenters. The lowest BCUT2D eigenvalue weighted by Gasteiger charge is -2.32. The summed E-state index contributed by atoms with van der Waals surface area (Å²) in [5.74, 6) is 0.977. The first-order valence-electron chi connectivity index (χ1n) is 11.7. The standard InChI is InChI=1S/C28H32FNO3/c29-25-11-7-23(8-12-25)21-33-28-19-30-16-15-27(28)24-9-13-26(14-10-24)32-18-4-17-31-20-22-5-2-1-3-6-22/h1-3,5-14,27-28,30H,4,15-21H2. The van der Waals surface area contributed by atoms with E-state index in [0.29, 0.717) is 32.3 Å². The van der Waals surface area contributed by atoms with Gasteiger partial charge in [0.15, 0.2) is 0 Å². The molecule has 0 spiro atoms. The third kappa shape index (κ3) is 7.39. The van der Waals surface area contributed by atoms with Crippen molar-refractivity contribution < 1.29 is 18.6 Å². The minimum absolute atomic E-state index is 0.0809. The summed E-state index contributed by atoms with van der Waals surface area (Å²) in [5, 5.41) is 3.42. The number of rotatable bonds is 11. The smallest absolute Gasteiger partial charge is 0.123 e. The van der Waals surface area contributed by atoms with Crippen molar-refractivity contribution in [2.24, 2.45) is 0 Å². The highest BCUT2D eigenvalue weighted by Crippen LogP contribution is 2.29. The van der Waals surface area contributed by atoms with Crippen LogP contribution >= 0.6 is 0 Å². The van der Waals surface area contributed by atoms with Gasteiger partial charge in [0.05, 0.1) is 32.5 Å². The maximum Gasteiger partial charge on any atom is 0.123 e. The van der Waals surface area contributed by atoms with Crippen LogP contribution in [0.1, 0.15) is 35.4 Å². The predicted octanol–water partition coefficient (Wildman–Crippen LogP) is 5.47. The van der Waals surface area contributed by atoms with Gasteiger partial charge < -0.3 is 19.5 Å². The molecule has 4 rings (SSSR count). The van der Waals surface area contributed by atoms with Gasteiger partial charge in [0.25, 0.3) is 0 Å². The molecule has 1 aliphatic rings. The van der Waals surface area contributed by atoms with Crippen LogP contribution in [0.4, 0.5) is 4.39 Å². The molecule has 0 amide bonds. The van der Waals surface area contributed by atoms with Crippen molar-refractivity contribution in [1.29, 1.82) is 0 Å². The van der Waals surface area contributed by atoms with E-state index in [1.165, 1.54) is 23.3 Å². The Bertz CT molecular complexity index is 947. The van der Waals surface area contributed by atoms with E-state index in [4.69, 9.17) is 14.2 Å². The largest absolute Gasteiger partial charge is 0.494 e. The first kappa shape index (κ1) is 23.4. The highest BCUT2D eigenvalue weighted by molar-refractivity contribution is 5.30. The van der Waals surface area contributed by atoms with Crippen LogP contribution in [0, 0.1) is 5.82 Å². The monoisotopic (exact) mass is 449 g/mol. The van der Waals surface area contributed by atoms with Crippen molar-refractivity contribution in [3.63, 3.8) is 0 Å². The number of piperidine rings is 1. The number of hydrogen-bond donors (Lipinski definition) is 1. The molecule has 4 nitrogen and oxygen atoms in total. The lowest BCUT2D eigenvalue weighted by Crippen LogP contribution is -2.40. The average molecular weight is 450 g/mol. The molecule has 0 radical (unpaired) electrons. The predicted molar refractivity (Wildman–Crippen MR) is 128 cm³/mol. The molecule has 1 fully saturated rings. The summed E-state index contributed by atoms with van der Waals surface area (Å²) in [6.07, 6.45) is 1.95. The minimum atomic E-state index is -0.224. The number of nitrogens with one attached hydrogen (secondary N) is 1. The zero-order valence-electron chi connectivity index (χ0n) is 18.9. The Kier molecular flexibility index (Phi) is 8.87. The fourth-order valence-electron chi connectivity index (χ4n) is 4.10. The summed E-state index contributed by atoms with van der Waals surface area (Å²) < 4.78 is 30.9. The van der Waals surface area contributed by atoms with Crippen LogP contribution in [-0.2, 0) is 22.7 Å². The summed E-state index contributed by atoms with van der Waals surface area (Å²) in [6.45, 7) is 4.21. The SMILES string of the molecule is Fc1ccc(COC2CNCCC2c2ccc(OCCCOCc3ccccc3)cc2)cc1. The van der Waals surface area contributed by atoms with Crippen molar-refractivity contribution in [1.82, 2.24) is 5.32 Å². The molecule has 1 aliphatic heterocycles. The fourth-order valence-corrected chi connectivity index (χ4v) is 4.10. The van der Waals surface area contributed by atoms with E-state index in [1.807, 2.05) is 30.3 Å². The summed E-state index contributed by atoms with van der Waals surface area (Å²) in [6, 6.07) is 25.1. The third-order valence-corrected chi connectivity index (χ3v) is 5.93. The van der Waals surface area contributed by atoms with Gasteiger partial charge in [-0.3, -0.25) is 0 Å². The van der Waals surface area contributed by atoms with E-state index in [0.717, 1.165) is 37.2 Å². The summed E-state index contributed by atoms with van der Waals surface area (Å²) in [4.78, 5) is 0. The van der Waals surface area contributed by atoms with Gasteiger partial charge in [-0.2, -0.15) is 0 Å². The lowest BCUT2D eigenvalue weighted by molar-refractivity contribution is 0.0106. The molecule has 0 bridgehead atoms. The van der Waals surface area contributed by atoms with Crippen LogP contribution < -0.4 is 10.1 Å². The van der Waals surface area contributed by atoms with Crippen molar-refractivity contribution in [3.8, 4) is 5.75 Å². The Labute approximate surface area is 195 Å². The fraction of sp³-hybridized carbons (Fsp3) is 0.357. The topological polar surface area (TPSA) is 39.7 Å². The van der Waals surface area contributed by atoms with Crippen LogP contribution in [0.15, 0.2) is 78.9 Å². The van der Waals surface area contributed by atoms with Crippen LogP contribution in [-0.4, -0.2) is 32.4 Å². The minimum Gasteiger partial charge on any atom is -0.494 e. The molecule has 0 saturated carbocycles. The number of hydrogen-bond acceptors (Lipinski definition) is 4. The Morgan fingerprint density at radius 3 is 2.36 bits per heavy atom. The van der Waals surface area contributed by atoms with Gasteiger partial charge in [0, 0.05) is 18.9 Å². The van der Waals surface area contributed by atoms with E-state index in [-0.39, 0.29) is 11.9 Å². The van der Waals surface area contributed by atoms with Gasteiger partial charge in [-0.05, 0) is 53.9 Å². The van der Waals surface area contributed by atoms with Gasteiger partial charge in [-0.25, -0.2) is 4.39 Å². The van der Waals surface area contributed by atoms with Gasteiger partial charge in [0.1, 0.15) is 11.6 Å². The Balaban J connectivity index is 1.20. The number of benzene rings is 3. The first-order valence-corrected chi connectivity index (χ1v) is 11.7. The molecule has 1 heterocycles. The van der Waals surface area contributed by atoms with E-state index < -0.39 is 0 Å². The van der Waals surface area contributed by atoms with E-state index in [9.17, 15) is 4.39 Å². The van der Waals surface area contributed by atoms with Gasteiger partial charge >= 0.3 is 0 Å². The molecule has 2 unspecified atom stereocenters. The molecular formula is C28H32FNO3. The molecule has 0 aromatic heterocycles. The van der Waals surface area contributed by atoms with Crippen molar-refractivity contribution in [2.75, 3.05) is 26.3 Å². The molecule has 5 heteroatoms. The van der Waals surface area contributed by atoms with Gasteiger partial charge in [-0.1, -0.05) is 54.6 Å². The molecular weight excluding hydrogens is 417 g/mol. The second kappa shape index (κ2) is 12.5. The van der Waals surface area contributed by atoms with Crippen LogP contribution in [0.25, 0.3) is 0 Å². The zero-order chi connectivity index (χ0) is 22.7. The molecule has 3 aromatic carbocycles. The van der Waals surface area contributed by atoms with Crippen LogP contribution in [0.2, 0.25) is 0 Å². The van der Waals surface area contributed by atoms with Crippen LogP contribution in [0.5, 0.6) is 5.75 Å². The van der Waals surface area contributed by atoms with E-state index in [1.54, 1.807) is 12.1 Å². The molecule has 1 saturated heterocycles. The third-order valence-electron chi connectivity index (χ3n) is 5.93. The zero-order valence-corrected chi connectivity index (χ0v) is 18.9. The molecule has 1 N–H and O–H groups in total. The maximum absolute atomic E-state index is 13.1. The van der Waals surface area contributed by atoms with Crippen molar-refractivity contribution >= 4 is 0 Å². The molecule has 0 aliphatic carbocycles. The van der Waals surface area contributed by atoms with E-state index >= 15 is 0 Å². The second-order valence-corrected chi connectivity index (χ2v) is 8.38. The normalized spacial score (nSPS) is 18.2. The maximum atomic E-state index is 13.1. The summed E-state index contributed by atoms with van der Waals surface area (Å²) in [5.41, 5.74) is 3.43. The highest BCUT2D eigenvalue weighted by Gasteiger charge is 2.27. The highest BCUT2D eigenvalue weighted by atomic mass is 19.1. The number of halogens is 1. The first-order chi connectivity index (χ1) is 16.3. The number of ether oxygens (including phenoxy) is 3. The van der Waals surface area contributed by atoms with Gasteiger partial charge in [0.2, 0.25) is 0 Å². The summed E-state index contributed by atoms with van der Waals surface area (Å²) in [7, 11) is 0. The quantitative estimate of drug-likeness (QED) is 0.394. The lowest BCUT2D eigenvalue weighted by atomic mass is 9.87. The van der Waals surface area contributed by atoms with Gasteiger partial charge in [-0.15, -0.1) is 0 Å². The molecule has 174 valence electrons. The second-order valence-electron chi connectivity index (χ2n) is 8.38. The van der Waals surface area contributed by atoms with Crippen molar-refractivity contribution in [3.05, 3.63) is 101 Å². The Morgan fingerprint density at radius 1 is 0.818 bits per heavy atom. The van der Waals surface area contributed by atoms with Crippen LogP contribution in [0.3, 0.4) is 0 Å². The van der Waals surface area contributed by atoms with Crippen molar-refractivity contribution in [2.45, 2.75) is 38.1 Å². The molecule has 33 heavy (non-hydrogen) atoms. The van der Waals surface area contributed by atoms with E-state index in [2.05, 4.69) is 29.6 Å². The summed E-state index contributed by atoms with van der Waals surface area (Å²) >= 11 is 0. The molecule has 3 aromatic rings.